The van der Waals surface area contributed by atoms with Crippen LogP contribution in [0.25, 0.3) is 94.4 Å². The van der Waals surface area contributed by atoms with Crippen molar-refractivity contribution in [2.75, 3.05) is 0 Å². The Labute approximate surface area is 299 Å². The van der Waals surface area contributed by atoms with Crippen LogP contribution in [0.3, 0.4) is 0 Å². The summed E-state index contributed by atoms with van der Waals surface area (Å²) in [6, 6.07) is 51.3. The average Bonchev–Trinajstić information content (AvgIpc) is 3.83. The highest BCUT2D eigenvalue weighted by molar-refractivity contribution is 6.11. The van der Waals surface area contributed by atoms with Gasteiger partial charge in [0, 0.05) is 38.1 Å². The van der Waals surface area contributed by atoms with E-state index in [4.69, 9.17) is 19.4 Å². The lowest BCUT2D eigenvalue weighted by molar-refractivity contribution is 0.568. The number of benzene rings is 7. The number of fused-ring (bicyclic) bond motifs is 11. The van der Waals surface area contributed by atoms with Gasteiger partial charge in [-0.2, -0.15) is 9.97 Å². The molecule has 0 saturated heterocycles. The second kappa shape index (κ2) is 10.7. The zero-order valence-corrected chi connectivity index (χ0v) is 28.8. The first-order chi connectivity index (χ1) is 25.6. The van der Waals surface area contributed by atoms with Crippen molar-refractivity contribution >= 4 is 54.5 Å². The van der Waals surface area contributed by atoms with Crippen LogP contribution in [0.2, 0.25) is 0 Å². The van der Waals surface area contributed by atoms with Gasteiger partial charge in [0.15, 0.2) is 11.6 Å². The van der Waals surface area contributed by atoms with Crippen LogP contribution in [-0.4, -0.2) is 19.5 Å². The Morgan fingerprint density at radius 3 is 2.00 bits per heavy atom. The maximum atomic E-state index is 6.37. The van der Waals surface area contributed by atoms with Crippen LogP contribution in [0.15, 0.2) is 150 Å². The third-order valence-corrected chi connectivity index (χ3v) is 11.4. The highest BCUT2D eigenvalue weighted by Crippen LogP contribution is 2.55. The van der Waals surface area contributed by atoms with Crippen LogP contribution < -0.4 is 0 Å². The molecule has 0 amide bonds. The van der Waals surface area contributed by atoms with E-state index in [9.17, 15) is 0 Å². The molecule has 7 aromatic carbocycles. The third-order valence-electron chi connectivity index (χ3n) is 11.4. The van der Waals surface area contributed by atoms with Gasteiger partial charge in [-0.05, 0) is 69.8 Å². The number of hydrogen-bond acceptors (Lipinski definition) is 4. The summed E-state index contributed by atoms with van der Waals surface area (Å²) in [6.07, 6.45) is 0.931. The van der Waals surface area contributed by atoms with E-state index >= 15 is 0 Å². The van der Waals surface area contributed by atoms with E-state index in [0.29, 0.717) is 17.6 Å². The second-order valence-electron chi connectivity index (χ2n) is 14.1. The maximum Gasteiger partial charge on any atom is 0.238 e. The van der Waals surface area contributed by atoms with Gasteiger partial charge in [0.05, 0.1) is 11.0 Å². The topological polar surface area (TPSA) is 56.7 Å². The summed E-state index contributed by atoms with van der Waals surface area (Å²) in [5.74, 6) is 1.89. The van der Waals surface area contributed by atoms with E-state index in [0.717, 1.165) is 55.9 Å². The molecular formula is C47H32N4O. The van der Waals surface area contributed by atoms with Crippen molar-refractivity contribution in [3.8, 4) is 39.9 Å². The first-order valence-corrected chi connectivity index (χ1v) is 17.9. The van der Waals surface area contributed by atoms with Crippen molar-refractivity contribution < 1.29 is 4.42 Å². The molecule has 52 heavy (non-hydrogen) atoms. The van der Waals surface area contributed by atoms with Gasteiger partial charge < -0.3 is 4.42 Å². The molecule has 1 unspecified atom stereocenters. The molecule has 1 atom stereocenters. The first kappa shape index (κ1) is 29.2. The van der Waals surface area contributed by atoms with Crippen LogP contribution in [0.1, 0.15) is 31.4 Å². The van der Waals surface area contributed by atoms with E-state index in [2.05, 4.69) is 158 Å². The van der Waals surface area contributed by atoms with E-state index in [1.54, 1.807) is 0 Å². The van der Waals surface area contributed by atoms with E-state index in [-0.39, 0.29) is 5.41 Å². The van der Waals surface area contributed by atoms with Crippen molar-refractivity contribution in [3.05, 3.63) is 157 Å². The van der Waals surface area contributed by atoms with Crippen molar-refractivity contribution in [2.24, 2.45) is 0 Å². The molecule has 1 aliphatic rings. The summed E-state index contributed by atoms with van der Waals surface area (Å²) in [7, 11) is 0. The molecule has 10 aromatic rings. The van der Waals surface area contributed by atoms with Crippen LogP contribution >= 0.6 is 0 Å². The number of nitrogens with zero attached hydrogens (tertiary/aromatic N) is 4. The molecule has 3 aromatic heterocycles. The van der Waals surface area contributed by atoms with Crippen LogP contribution in [0.5, 0.6) is 0 Å². The van der Waals surface area contributed by atoms with Crippen molar-refractivity contribution in [2.45, 2.75) is 25.7 Å². The van der Waals surface area contributed by atoms with E-state index in [1.165, 1.54) is 38.4 Å². The molecule has 3 heterocycles. The normalized spacial score (nSPS) is 15.3. The fourth-order valence-electron chi connectivity index (χ4n) is 8.76. The summed E-state index contributed by atoms with van der Waals surface area (Å²) in [5, 5.41) is 6.96. The fraction of sp³-hybridized carbons (Fsp3) is 0.0851. The Kier molecular flexibility index (Phi) is 6.01. The largest absolute Gasteiger partial charge is 0.456 e. The minimum absolute atomic E-state index is 0.242. The predicted octanol–water partition coefficient (Wildman–Crippen LogP) is 12.1. The van der Waals surface area contributed by atoms with E-state index < -0.39 is 0 Å². The zero-order chi connectivity index (χ0) is 34.6. The molecule has 11 rings (SSSR count). The van der Waals surface area contributed by atoms with Gasteiger partial charge in [-0.3, -0.25) is 4.57 Å². The van der Waals surface area contributed by atoms with E-state index in [1.807, 2.05) is 6.07 Å². The highest BCUT2D eigenvalue weighted by Gasteiger charge is 2.40. The zero-order valence-electron chi connectivity index (χ0n) is 28.8. The SMILES string of the molecule is CCC1(C)c2cc(-c3nc(-c4cccc5ccccc45)nc(-n4c5ccccc5c5ccccc54)n3)ccc2-c2ccc3oc4ccccc4c3c21. The highest BCUT2D eigenvalue weighted by atomic mass is 16.3. The minimum Gasteiger partial charge on any atom is -0.456 e. The molecule has 0 spiro atoms. The Hall–Kier alpha value is -6.59. The molecule has 0 aliphatic heterocycles. The summed E-state index contributed by atoms with van der Waals surface area (Å²) in [5.41, 5.74) is 10.8. The lowest BCUT2D eigenvalue weighted by Gasteiger charge is -2.26. The van der Waals surface area contributed by atoms with Gasteiger partial charge in [0.1, 0.15) is 11.2 Å². The molecule has 0 saturated carbocycles. The monoisotopic (exact) mass is 668 g/mol. The summed E-state index contributed by atoms with van der Waals surface area (Å²) < 4.78 is 8.56. The van der Waals surface area contributed by atoms with Gasteiger partial charge >= 0.3 is 0 Å². The molecule has 0 radical (unpaired) electrons. The Bertz CT molecular complexity index is 3040. The number of para-hydroxylation sites is 3. The van der Waals surface area contributed by atoms with Crippen LogP contribution in [0, 0.1) is 0 Å². The quantitative estimate of drug-likeness (QED) is 0.187. The number of furan rings is 1. The van der Waals surface area contributed by atoms with Gasteiger partial charge in [-0.1, -0.05) is 129 Å². The molecule has 5 nitrogen and oxygen atoms in total. The summed E-state index contributed by atoms with van der Waals surface area (Å²) in [4.78, 5) is 15.8. The summed E-state index contributed by atoms with van der Waals surface area (Å²) in [6.45, 7) is 4.66. The summed E-state index contributed by atoms with van der Waals surface area (Å²) >= 11 is 0. The first-order valence-electron chi connectivity index (χ1n) is 17.9. The van der Waals surface area contributed by atoms with Crippen LogP contribution in [-0.2, 0) is 5.41 Å². The third kappa shape index (κ3) is 3.96. The van der Waals surface area contributed by atoms with Crippen LogP contribution in [0.4, 0.5) is 0 Å². The number of hydrogen-bond donors (Lipinski definition) is 0. The fourth-order valence-corrected chi connectivity index (χ4v) is 8.76. The van der Waals surface area contributed by atoms with Crippen molar-refractivity contribution in [3.63, 3.8) is 0 Å². The predicted molar refractivity (Wildman–Crippen MR) is 212 cm³/mol. The molecule has 1 aliphatic carbocycles. The van der Waals surface area contributed by atoms with Crippen molar-refractivity contribution in [1.29, 1.82) is 0 Å². The van der Waals surface area contributed by atoms with Gasteiger partial charge in [0.2, 0.25) is 5.95 Å². The van der Waals surface area contributed by atoms with Gasteiger partial charge in [-0.15, -0.1) is 0 Å². The second-order valence-corrected chi connectivity index (χ2v) is 14.1. The van der Waals surface area contributed by atoms with Crippen molar-refractivity contribution in [1.82, 2.24) is 19.5 Å². The Morgan fingerprint density at radius 2 is 1.21 bits per heavy atom. The molecule has 0 fully saturated rings. The molecular weight excluding hydrogens is 637 g/mol. The lowest BCUT2D eigenvalue weighted by atomic mass is 9.76. The Morgan fingerprint density at radius 1 is 0.558 bits per heavy atom. The average molecular weight is 669 g/mol. The standard InChI is InChI=1S/C47H32N4O/c1-3-47(2)37-27-29(23-24-31(37)34-25-26-41-42(43(34)47)36-18-8-11-22-40(36)52-41)44-48-45(35-19-12-14-28-13-4-5-15-30(28)35)50-46(49-44)51-38-20-9-6-16-32(38)33-17-7-10-21-39(33)51/h4-27H,3H2,1-2H3. The maximum absolute atomic E-state index is 6.37. The number of rotatable bonds is 4. The molecule has 0 N–H and O–H groups in total. The van der Waals surface area contributed by atoms with Gasteiger partial charge in [0.25, 0.3) is 0 Å². The number of aromatic nitrogens is 4. The smallest absolute Gasteiger partial charge is 0.238 e. The molecule has 246 valence electrons. The van der Waals surface area contributed by atoms with Gasteiger partial charge in [-0.25, -0.2) is 4.98 Å². The molecule has 0 bridgehead atoms. The Balaban J connectivity index is 1.17. The lowest BCUT2D eigenvalue weighted by Crippen LogP contribution is -2.19. The minimum atomic E-state index is -0.242. The molecule has 5 heteroatoms.